The third-order valence-corrected chi connectivity index (χ3v) is 4.02. The van der Waals surface area contributed by atoms with Crippen LogP contribution < -0.4 is 5.32 Å². The Morgan fingerprint density at radius 1 is 1.26 bits per heavy atom. The summed E-state index contributed by atoms with van der Waals surface area (Å²) in [4.78, 5) is 5.34. The summed E-state index contributed by atoms with van der Waals surface area (Å²) in [5.41, 5.74) is 0.179. The van der Waals surface area contributed by atoms with Crippen LogP contribution in [0, 0.1) is 11.6 Å². The molecule has 1 aromatic carbocycles. The van der Waals surface area contributed by atoms with Crippen LogP contribution >= 0.6 is 11.3 Å². The van der Waals surface area contributed by atoms with E-state index in [1.807, 2.05) is 0 Å². The maximum absolute atomic E-state index is 13.4. The molecule has 0 aliphatic heterocycles. The average molecular weight is 282 g/mol. The molecule has 0 aliphatic rings. The van der Waals surface area contributed by atoms with Crippen LogP contribution in [0.1, 0.15) is 30.7 Å². The van der Waals surface area contributed by atoms with E-state index in [-0.39, 0.29) is 11.1 Å². The van der Waals surface area contributed by atoms with Gasteiger partial charge in [-0.15, -0.1) is 11.3 Å². The maximum atomic E-state index is 13.4. The smallest absolute Gasteiger partial charge is 0.181 e. The van der Waals surface area contributed by atoms with Gasteiger partial charge in [0.15, 0.2) is 11.6 Å². The molecule has 2 nitrogen and oxygen atoms in total. The predicted molar refractivity (Wildman–Crippen MR) is 74.5 cm³/mol. The van der Waals surface area contributed by atoms with E-state index in [2.05, 4.69) is 31.1 Å². The average Bonchev–Trinajstić information content (AvgIpc) is 2.79. The third kappa shape index (κ3) is 3.29. The van der Waals surface area contributed by atoms with E-state index in [1.54, 1.807) is 17.5 Å². The first-order valence-electron chi connectivity index (χ1n) is 6.01. The molecule has 2 rings (SSSR count). The van der Waals surface area contributed by atoms with Crippen molar-refractivity contribution in [2.75, 3.05) is 5.32 Å². The molecule has 0 atom stereocenters. The fourth-order valence-corrected chi connectivity index (χ4v) is 2.47. The molecule has 2 aromatic rings. The van der Waals surface area contributed by atoms with Crippen molar-refractivity contribution in [3.8, 4) is 0 Å². The molecular formula is C14H16F2N2S. The number of rotatable bonds is 3. The number of hydrogen-bond donors (Lipinski definition) is 1. The Hall–Kier alpha value is -1.49. The first kappa shape index (κ1) is 13.9. The molecule has 1 heterocycles. The van der Waals surface area contributed by atoms with Crippen LogP contribution in [0.5, 0.6) is 0 Å². The summed E-state index contributed by atoms with van der Waals surface area (Å²) >= 11 is 1.58. The second kappa shape index (κ2) is 5.25. The molecule has 0 saturated carbocycles. The van der Waals surface area contributed by atoms with Crippen molar-refractivity contribution < 1.29 is 8.78 Å². The van der Waals surface area contributed by atoms with Gasteiger partial charge in [0, 0.05) is 16.5 Å². The molecule has 5 heteroatoms. The molecule has 0 saturated heterocycles. The van der Waals surface area contributed by atoms with Crippen molar-refractivity contribution in [3.63, 3.8) is 0 Å². The summed E-state index contributed by atoms with van der Waals surface area (Å²) in [5, 5.41) is 3.92. The van der Waals surface area contributed by atoms with Crippen LogP contribution in [-0.2, 0) is 12.0 Å². The van der Waals surface area contributed by atoms with Crippen LogP contribution in [0.4, 0.5) is 14.5 Å². The second-order valence-corrected chi connectivity index (χ2v) is 6.45. The number of halogens is 2. The second-order valence-electron chi connectivity index (χ2n) is 5.34. The van der Waals surface area contributed by atoms with Crippen LogP contribution in [0.2, 0.25) is 0 Å². The fraction of sp³-hybridized carbons (Fsp3) is 0.357. The Kier molecular flexibility index (Phi) is 3.85. The van der Waals surface area contributed by atoms with Crippen LogP contribution in [0.15, 0.2) is 24.4 Å². The SMILES string of the molecule is CC(C)(C)c1ncc(CNc2cccc(F)c2F)s1. The van der Waals surface area contributed by atoms with Gasteiger partial charge in [-0.1, -0.05) is 26.8 Å². The Labute approximate surface area is 115 Å². The zero-order chi connectivity index (χ0) is 14.0. The first-order chi connectivity index (χ1) is 8.88. The highest BCUT2D eigenvalue weighted by Gasteiger charge is 2.18. The molecule has 1 aromatic heterocycles. The topological polar surface area (TPSA) is 24.9 Å². The van der Waals surface area contributed by atoms with Gasteiger partial charge in [-0.2, -0.15) is 0 Å². The van der Waals surface area contributed by atoms with E-state index in [0.717, 1.165) is 16.0 Å². The summed E-state index contributed by atoms with van der Waals surface area (Å²) < 4.78 is 26.5. The van der Waals surface area contributed by atoms with Crippen molar-refractivity contribution in [2.24, 2.45) is 0 Å². The fourth-order valence-electron chi connectivity index (χ4n) is 1.56. The van der Waals surface area contributed by atoms with Gasteiger partial charge in [-0.25, -0.2) is 13.8 Å². The van der Waals surface area contributed by atoms with E-state index in [4.69, 9.17) is 0 Å². The molecule has 0 unspecified atom stereocenters. The van der Waals surface area contributed by atoms with Crippen LogP contribution in [0.25, 0.3) is 0 Å². The highest BCUT2D eigenvalue weighted by Crippen LogP contribution is 2.27. The van der Waals surface area contributed by atoms with Crippen molar-refractivity contribution in [3.05, 3.63) is 45.9 Å². The van der Waals surface area contributed by atoms with E-state index in [9.17, 15) is 8.78 Å². The lowest BCUT2D eigenvalue weighted by atomic mass is 9.98. The van der Waals surface area contributed by atoms with Crippen LogP contribution in [-0.4, -0.2) is 4.98 Å². The number of nitrogens with one attached hydrogen (secondary N) is 1. The van der Waals surface area contributed by atoms with Gasteiger partial charge in [-0.3, -0.25) is 0 Å². The van der Waals surface area contributed by atoms with Gasteiger partial charge in [0.2, 0.25) is 0 Å². The van der Waals surface area contributed by atoms with Crippen LogP contribution in [0.3, 0.4) is 0 Å². The Bertz CT molecular complexity index is 573. The standard InChI is InChI=1S/C14H16F2N2S/c1-14(2,3)13-18-8-9(19-13)7-17-11-6-4-5-10(15)12(11)16/h4-6,8,17H,7H2,1-3H3. The van der Waals surface area contributed by atoms with Gasteiger partial charge in [0.05, 0.1) is 17.2 Å². The number of anilines is 1. The minimum Gasteiger partial charge on any atom is -0.378 e. The third-order valence-electron chi connectivity index (χ3n) is 2.60. The number of aromatic nitrogens is 1. The predicted octanol–water partition coefficient (Wildman–Crippen LogP) is 4.33. The lowest BCUT2D eigenvalue weighted by Gasteiger charge is -2.13. The normalized spacial score (nSPS) is 11.6. The minimum absolute atomic E-state index is 0.00697. The van der Waals surface area contributed by atoms with E-state index >= 15 is 0 Å². The summed E-state index contributed by atoms with van der Waals surface area (Å²) in [6.45, 7) is 6.72. The molecule has 19 heavy (non-hydrogen) atoms. The van der Waals surface area contributed by atoms with E-state index in [1.165, 1.54) is 12.1 Å². The zero-order valence-electron chi connectivity index (χ0n) is 11.1. The minimum atomic E-state index is -0.844. The van der Waals surface area contributed by atoms with Gasteiger partial charge in [0.25, 0.3) is 0 Å². The largest absolute Gasteiger partial charge is 0.378 e. The monoisotopic (exact) mass is 282 g/mol. The maximum Gasteiger partial charge on any atom is 0.181 e. The van der Waals surface area contributed by atoms with Crippen molar-refractivity contribution >= 4 is 17.0 Å². The summed E-state index contributed by atoms with van der Waals surface area (Å²) in [6, 6.07) is 4.10. The van der Waals surface area contributed by atoms with Gasteiger partial charge < -0.3 is 5.32 Å². The number of thiazole rings is 1. The summed E-state index contributed by atoms with van der Waals surface area (Å²) in [6.07, 6.45) is 1.77. The molecule has 0 spiro atoms. The molecule has 0 bridgehead atoms. The Morgan fingerprint density at radius 2 is 2.00 bits per heavy atom. The van der Waals surface area contributed by atoms with Gasteiger partial charge in [0.1, 0.15) is 0 Å². The molecule has 0 radical (unpaired) electrons. The van der Waals surface area contributed by atoms with Gasteiger partial charge >= 0.3 is 0 Å². The van der Waals surface area contributed by atoms with Crippen molar-refractivity contribution in [1.29, 1.82) is 0 Å². The Balaban J connectivity index is 2.07. The number of hydrogen-bond acceptors (Lipinski definition) is 3. The van der Waals surface area contributed by atoms with Crippen molar-refractivity contribution in [1.82, 2.24) is 4.98 Å². The molecular weight excluding hydrogens is 266 g/mol. The van der Waals surface area contributed by atoms with Crippen molar-refractivity contribution in [2.45, 2.75) is 32.7 Å². The lowest BCUT2D eigenvalue weighted by Crippen LogP contribution is -2.09. The first-order valence-corrected chi connectivity index (χ1v) is 6.82. The molecule has 0 aliphatic carbocycles. The van der Waals surface area contributed by atoms with Gasteiger partial charge in [-0.05, 0) is 12.1 Å². The lowest BCUT2D eigenvalue weighted by molar-refractivity contribution is 0.511. The molecule has 0 fully saturated rings. The molecule has 0 amide bonds. The molecule has 102 valence electrons. The highest BCUT2D eigenvalue weighted by molar-refractivity contribution is 7.11. The van der Waals surface area contributed by atoms with E-state index in [0.29, 0.717) is 6.54 Å². The summed E-state index contributed by atoms with van der Waals surface area (Å²) in [7, 11) is 0. The highest BCUT2D eigenvalue weighted by atomic mass is 32.1. The Morgan fingerprint density at radius 3 is 2.63 bits per heavy atom. The quantitative estimate of drug-likeness (QED) is 0.906. The van der Waals surface area contributed by atoms with E-state index < -0.39 is 11.6 Å². The number of nitrogens with zero attached hydrogens (tertiary/aromatic N) is 1. The summed E-state index contributed by atoms with van der Waals surface area (Å²) in [5.74, 6) is -1.69. The zero-order valence-corrected chi connectivity index (χ0v) is 11.9. The molecule has 1 N–H and O–H groups in total. The number of benzene rings is 1.